The molecule has 0 saturated carbocycles. The highest BCUT2D eigenvalue weighted by atomic mass is 35.5. The molecule has 0 unspecified atom stereocenters. The van der Waals surface area contributed by atoms with Gasteiger partial charge in [-0.25, -0.2) is 4.79 Å². The van der Waals surface area contributed by atoms with Gasteiger partial charge in [0.1, 0.15) is 11.6 Å². The predicted octanol–water partition coefficient (Wildman–Crippen LogP) is 4.53. The van der Waals surface area contributed by atoms with Crippen molar-refractivity contribution in [3.63, 3.8) is 0 Å². The van der Waals surface area contributed by atoms with Crippen LogP contribution in [-0.4, -0.2) is 31.7 Å². The number of esters is 1. The number of hydrogen-bond acceptors (Lipinski definition) is 6. The quantitative estimate of drug-likeness (QED) is 0.348. The van der Waals surface area contributed by atoms with Crippen LogP contribution in [0.4, 0.5) is 5.69 Å². The van der Waals surface area contributed by atoms with Crippen molar-refractivity contribution in [2.24, 2.45) is 0 Å². The molecule has 0 aliphatic carbocycles. The second-order valence-corrected chi connectivity index (χ2v) is 6.75. The van der Waals surface area contributed by atoms with Crippen molar-refractivity contribution < 1.29 is 23.8 Å². The van der Waals surface area contributed by atoms with Crippen molar-refractivity contribution in [2.45, 2.75) is 20.8 Å². The van der Waals surface area contributed by atoms with Crippen LogP contribution in [0.15, 0.2) is 42.0 Å². The van der Waals surface area contributed by atoms with E-state index in [9.17, 15) is 14.9 Å². The summed E-state index contributed by atoms with van der Waals surface area (Å²) in [6.45, 7) is 5.70. The van der Waals surface area contributed by atoms with E-state index in [1.54, 1.807) is 57.2 Å². The van der Waals surface area contributed by atoms with Crippen LogP contribution in [-0.2, 0) is 14.3 Å². The maximum atomic E-state index is 12.6. The number of carbonyl (C=O) groups excluding carboxylic acids is 2. The smallest absolute Gasteiger partial charge is 0.344 e. The lowest BCUT2D eigenvalue weighted by molar-refractivity contribution is -0.145. The summed E-state index contributed by atoms with van der Waals surface area (Å²) >= 11 is 5.94. The van der Waals surface area contributed by atoms with Gasteiger partial charge < -0.3 is 19.5 Å². The molecule has 0 radical (unpaired) electrons. The number of nitriles is 1. The molecular weight excluding hydrogens is 420 g/mol. The average Bonchev–Trinajstić information content (AvgIpc) is 2.73. The number of benzene rings is 2. The molecule has 2 aromatic carbocycles. The van der Waals surface area contributed by atoms with Crippen molar-refractivity contribution in [1.29, 1.82) is 5.26 Å². The molecule has 0 aliphatic heterocycles. The third kappa shape index (κ3) is 7.05. The Balaban J connectivity index is 2.22. The third-order valence-electron chi connectivity index (χ3n) is 4.03. The highest BCUT2D eigenvalue weighted by molar-refractivity contribution is 6.30. The fourth-order valence-corrected chi connectivity index (χ4v) is 2.84. The lowest BCUT2D eigenvalue weighted by Crippen LogP contribution is -2.15. The average molecular weight is 443 g/mol. The van der Waals surface area contributed by atoms with Gasteiger partial charge in [0.05, 0.1) is 13.2 Å². The van der Waals surface area contributed by atoms with Crippen LogP contribution in [0.3, 0.4) is 0 Å². The Morgan fingerprint density at radius 3 is 2.52 bits per heavy atom. The molecule has 1 N–H and O–H groups in total. The fraction of sp³-hybridized carbons (Fsp3) is 0.261. The Morgan fingerprint density at radius 1 is 1.10 bits per heavy atom. The SMILES string of the molecule is CCOC(=O)COc1ccc(/C=C(\C#N)C(=O)Nc2ccc(Cl)cc2C)cc1OCC. The Morgan fingerprint density at radius 2 is 1.87 bits per heavy atom. The molecule has 2 rings (SSSR count). The lowest BCUT2D eigenvalue weighted by atomic mass is 10.1. The van der Waals surface area contributed by atoms with E-state index in [4.69, 9.17) is 25.8 Å². The summed E-state index contributed by atoms with van der Waals surface area (Å²) < 4.78 is 15.9. The highest BCUT2D eigenvalue weighted by Gasteiger charge is 2.13. The van der Waals surface area contributed by atoms with Crippen molar-refractivity contribution >= 4 is 35.2 Å². The zero-order chi connectivity index (χ0) is 22.8. The van der Waals surface area contributed by atoms with Crippen molar-refractivity contribution in [2.75, 3.05) is 25.1 Å². The van der Waals surface area contributed by atoms with Gasteiger partial charge in [0.15, 0.2) is 18.1 Å². The van der Waals surface area contributed by atoms with Gasteiger partial charge in [-0.3, -0.25) is 4.79 Å². The van der Waals surface area contributed by atoms with Gasteiger partial charge >= 0.3 is 5.97 Å². The Bertz CT molecular complexity index is 1030. The van der Waals surface area contributed by atoms with Crippen LogP contribution >= 0.6 is 11.6 Å². The summed E-state index contributed by atoms with van der Waals surface area (Å²) in [5, 5.41) is 12.7. The number of halogens is 1. The molecule has 7 nitrogen and oxygen atoms in total. The zero-order valence-electron chi connectivity index (χ0n) is 17.5. The van der Waals surface area contributed by atoms with Gasteiger partial charge in [0, 0.05) is 10.7 Å². The topological polar surface area (TPSA) is 97.7 Å². The molecule has 0 fully saturated rings. The normalized spacial score (nSPS) is 10.7. The van der Waals surface area contributed by atoms with E-state index in [0.717, 1.165) is 5.56 Å². The predicted molar refractivity (Wildman–Crippen MR) is 118 cm³/mol. The summed E-state index contributed by atoms with van der Waals surface area (Å²) in [6, 6.07) is 11.8. The minimum absolute atomic E-state index is 0.0861. The molecule has 0 saturated heterocycles. The highest BCUT2D eigenvalue weighted by Crippen LogP contribution is 2.29. The summed E-state index contributed by atoms with van der Waals surface area (Å²) in [5.74, 6) is -0.304. The van der Waals surface area contributed by atoms with Crippen molar-refractivity contribution in [3.8, 4) is 17.6 Å². The first-order valence-corrected chi connectivity index (χ1v) is 10.00. The minimum Gasteiger partial charge on any atom is -0.490 e. The number of rotatable bonds is 9. The first kappa shape index (κ1) is 23.8. The summed E-state index contributed by atoms with van der Waals surface area (Å²) in [6.07, 6.45) is 1.44. The van der Waals surface area contributed by atoms with Crippen LogP contribution in [0.25, 0.3) is 6.08 Å². The Hall–Kier alpha value is -3.50. The molecule has 0 bridgehead atoms. The molecule has 2 aromatic rings. The van der Waals surface area contributed by atoms with Gasteiger partial charge in [-0.1, -0.05) is 17.7 Å². The van der Waals surface area contributed by atoms with E-state index < -0.39 is 11.9 Å². The van der Waals surface area contributed by atoms with E-state index in [0.29, 0.717) is 34.4 Å². The second kappa shape index (κ2) is 11.6. The van der Waals surface area contributed by atoms with Crippen LogP contribution in [0.5, 0.6) is 11.5 Å². The van der Waals surface area contributed by atoms with E-state index in [1.165, 1.54) is 6.08 Å². The number of nitrogens with zero attached hydrogens (tertiary/aromatic N) is 1. The fourth-order valence-electron chi connectivity index (χ4n) is 2.61. The molecule has 0 heterocycles. The van der Waals surface area contributed by atoms with Crippen LogP contribution in [0.2, 0.25) is 5.02 Å². The first-order chi connectivity index (χ1) is 14.9. The van der Waals surface area contributed by atoms with Gasteiger partial charge in [-0.2, -0.15) is 5.26 Å². The molecule has 31 heavy (non-hydrogen) atoms. The first-order valence-electron chi connectivity index (χ1n) is 9.62. The van der Waals surface area contributed by atoms with E-state index in [1.807, 2.05) is 6.07 Å². The van der Waals surface area contributed by atoms with Gasteiger partial charge in [-0.05, 0) is 68.3 Å². The monoisotopic (exact) mass is 442 g/mol. The van der Waals surface area contributed by atoms with Crippen LogP contribution in [0.1, 0.15) is 25.0 Å². The van der Waals surface area contributed by atoms with E-state index in [-0.39, 0.29) is 18.8 Å². The number of aryl methyl sites for hydroxylation is 1. The maximum absolute atomic E-state index is 12.6. The largest absolute Gasteiger partial charge is 0.490 e. The molecule has 0 aliphatic rings. The zero-order valence-corrected chi connectivity index (χ0v) is 18.3. The number of ether oxygens (including phenoxy) is 3. The molecule has 0 spiro atoms. The molecule has 0 aromatic heterocycles. The van der Waals surface area contributed by atoms with Gasteiger partial charge in [-0.15, -0.1) is 0 Å². The number of amides is 1. The molecular formula is C23H23ClN2O5. The molecule has 1 amide bonds. The standard InChI is InChI=1S/C23H23ClN2O5/c1-4-29-21-12-16(6-9-20(21)31-14-22(27)30-5-2)11-17(13-25)23(28)26-19-8-7-18(24)10-15(19)3/h6-12H,4-5,14H2,1-3H3,(H,26,28)/b17-11+. The second-order valence-electron chi connectivity index (χ2n) is 6.32. The maximum Gasteiger partial charge on any atom is 0.344 e. The molecule has 162 valence electrons. The van der Waals surface area contributed by atoms with Gasteiger partial charge in [0.25, 0.3) is 5.91 Å². The third-order valence-corrected chi connectivity index (χ3v) is 4.27. The van der Waals surface area contributed by atoms with Crippen LogP contribution < -0.4 is 14.8 Å². The summed E-state index contributed by atoms with van der Waals surface area (Å²) in [4.78, 5) is 24.1. The molecule has 0 atom stereocenters. The number of carbonyl (C=O) groups is 2. The summed E-state index contributed by atoms with van der Waals surface area (Å²) in [5.41, 5.74) is 1.82. The van der Waals surface area contributed by atoms with Crippen molar-refractivity contribution in [1.82, 2.24) is 0 Å². The van der Waals surface area contributed by atoms with E-state index >= 15 is 0 Å². The van der Waals surface area contributed by atoms with Crippen molar-refractivity contribution in [3.05, 3.63) is 58.1 Å². The number of anilines is 1. The number of nitrogens with one attached hydrogen (secondary N) is 1. The van der Waals surface area contributed by atoms with Crippen LogP contribution in [0, 0.1) is 18.3 Å². The summed E-state index contributed by atoms with van der Waals surface area (Å²) in [7, 11) is 0. The minimum atomic E-state index is -0.548. The number of hydrogen-bond donors (Lipinski definition) is 1. The van der Waals surface area contributed by atoms with Gasteiger partial charge in [0.2, 0.25) is 0 Å². The lowest BCUT2D eigenvalue weighted by Gasteiger charge is -2.12. The Kier molecular flexibility index (Phi) is 8.92. The Labute approximate surface area is 186 Å². The van der Waals surface area contributed by atoms with E-state index in [2.05, 4.69) is 5.32 Å². The molecule has 8 heteroatoms.